The van der Waals surface area contributed by atoms with Gasteiger partial charge in [-0.05, 0) is 30.2 Å². The minimum absolute atomic E-state index is 0.0298. The molecule has 0 atom stereocenters. The maximum absolute atomic E-state index is 12.0. The van der Waals surface area contributed by atoms with Gasteiger partial charge in [0.15, 0.2) is 5.78 Å². The second kappa shape index (κ2) is 8.60. The van der Waals surface area contributed by atoms with Crippen LogP contribution in [0.2, 0.25) is 0 Å². The van der Waals surface area contributed by atoms with Crippen molar-refractivity contribution in [1.29, 1.82) is 0 Å². The summed E-state index contributed by atoms with van der Waals surface area (Å²) in [7, 11) is 1.66. The highest BCUT2D eigenvalue weighted by Crippen LogP contribution is 2.17. The number of carbonyl (C=O) groups is 2. The zero-order valence-electron chi connectivity index (χ0n) is 13.4. The van der Waals surface area contributed by atoms with Gasteiger partial charge < -0.3 is 10.1 Å². The quantitative estimate of drug-likeness (QED) is 0.754. The number of amides is 1. The monoisotopic (exact) mass is 331 g/mol. The molecule has 1 aromatic carbocycles. The summed E-state index contributed by atoms with van der Waals surface area (Å²) in [6, 6.07) is 11.6. The molecule has 0 aliphatic heterocycles. The SMILES string of the molecule is COCc1ccc(CNC(=O)CCC(=O)c2ccc(C)s2)cc1. The van der Waals surface area contributed by atoms with Crippen molar-refractivity contribution in [3.63, 3.8) is 0 Å². The smallest absolute Gasteiger partial charge is 0.220 e. The molecule has 0 bridgehead atoms. The van der Waals surface area contributed by atoms with E-state index < -0.39 is 0 Å². The van der Waals surface area contributed by atoms with E-state index in [0.29, 0.717) is 13.2 Å². The van der Waals surface area contributed by atoms with E-state index in [1.807, 2.05) is 43.3 Å². The third-order valence-electron chi connectivity index (χ3n) is 3.42. The molecule has 0 saturated heterocycles. The number of rotatable bonds is 8. The second-order valence-electron chi connectivity index (χ2n) is 5.36. The Bertz CT molecular complexity index is 661. The highest BCUT2D eigenvalue weighted by molar-refractivity contribution is 7.14. The number of aryl methyl sites for hydroxylation is 1. The molecule has 1 heterocycles. The summed E-state index contributed by atoms with van der Waals surface area (Å²) in [4.78, 5) is 25.6. The molecule has 5 heteroatoms. The molecule has 1 N–H and O–H groups in total. The maximum atomic E-state index is 12.0. The average Bonchev–Trinajstić information content (AvgIpc) is 2.99. The molecule has 0 unspecified atom stereocenters. The summed E-state index contributed by atoms with van der Waals surface area (Å²) in [5, 5.41) is 2.84. The van der Waals surface area contributed by atoms with Crippen LogP contribution in [-0.4, -0.2) is 18.8 Å². The van der Waals surface area contributed by atoms with Crippen molar-refractivity contribution in [1.82, 2.24) is 5.32 Å². The van der Waals surface area contributed by atoms with Crippen LogP contribution in [0.4, 0.5) is 0 Å². The van der Waals surface area contributed by atoms with Crippen LogP contribution in [0.1, 0.15) is 38.5 Å². The molecule has 0 spiro atoms. The number of ketones is 1. The van der Waals surface area contributed by atoms with Gasteiger partial charge in [-0.1, -0.05) is 24.3 Å². The van der Waals surface area contributed by atoms with Gasteiger partial charge in [0.25, 0.3) is 0 Å². The number of Topliss-reactive ketones (excluding diaryl/α,β-unsaturated/α-hetero) is 1. The van der Waals surface area contributed by atoms with Gasteiger partial charge >= 0.3 is 0 Å². The molecule has 0 saturated carbocycles. The predicted octanol–water partition coefficient (Wildman–Crippen LogP) is 3.48. The highest BCUT2D eigenvalue weighted by Gasteiger charge is 2.10. The van der Waals surface area contributed by atoms with E-state index in [1.165, 1.54) is 11.3 Å². The molecule has 23 heavy (non-hydrogen) atoms. The van der Waals surface area contributed by atoms with Crippen LogP contribution in [0.15, 0.2) is 36.4 Å². The van der Waals surface area contributed by atoms with Crippen molar-refractivity contribution in [3.8, 4) is 0 Å². The number of nitrogens with one attached hydrogen (secondary N) is 1. The number of hydrogen-bond acceptors (Lipinski definition) is 4. The Morgan fingerprint density at radius 2 is 1.74 bits per heavy atom. The van der Waals surface area contributed by atoms with Crippen LogP contribution < -0.4 is 5.32 Å². The molecule has 0 aliphatic carbocycles. The molecular weight excluding hydrogens is 310 g/mol. The first-order chi connectivity index (χ1) is 11.1. The van der Waals surface area contributed by atoms with Gasteiger partial charge in [0.05, 0.1) is 11.5 Å². The van der Waals surface area contributed by atoms with Crippen LogP contribution in [0, 0.1) is 6.92 Å². The molecule has 0 fully saturated rings. The molecule has 2 rings (SSSR count). The Morgan fingerprint density at radius 3 is 2.35 bits per heavy atom. The lowest BCUT2D eigenvalue weighted by Crippen LogP contribution is -2.23. The van der Waals surface area contributed by atoms with Crippen molar-refractivity contribution < 1.29 is 14.3 Å². The average molecular weight is 331 g/mol. The molecule has 0 radical (unpaired) electrons. The van der Waals surface area contributed by atoms with Crippen LogP contribution in [0.25, 0.3) is 0 Å². The van der Waals surface area contributed by atoms with Gasteiger partial charge in [-0.2, -0.15) is 0 Å². The standard InChI is InChI=1S/C18H21NO3S/c1-13-3-9-17(23-13)16(20)8-10-18(21)19-11-14-4-6-15(7-5-14)12-22-2/h3-7,9H,8,10-12H2,1-2H3,(H,19,21). The number of hydrogen-bond donors (Lipinski definition) is 1. The van der Waals surface area contributed by atoms with Crippen LogP contribution in [-0.2, 0) is 22.7 Å². The zero-order chi connectivity index (χ0) is 16.7. The largest absolute Gasteiger partial charge is 0.380 e. The molecule has 0 aliphatic rings. The normalized spacial score (nSPS) is 10.5. The van der Waals surface area contributed by atoms with Crippen molar-refractivity contribution in [2.75, 3.05) is 7.11 Å². The van der Waals surface area contributed by atoms with Crippen molar-refractivity contribution in [2.45, 2.75) is 32.9 Å². The summed E-state index contributed by atoms with van der Waals surface area (Å²) in [6.07, 6.45) is 0.468. The lowest BCUT2D eigenvalue weighted by Gasteiger charge is -2.06. The third-order valence-corrected chi connectivity index (χ3v) is 4.46. The summed E-state index contributed by atoms with van der Waals surface area (Å²) in [5.41, 5.74) is 2.12. The van der Waals surface area contributed by atoms with Gasteiger partial charge in [0, 0.05) is 31.4 Å². The minimum Gasteiger partial charge on any atom is -0.380 e. The first-order valence-electron chi connectivity index (χ1n) is 7.51. The van der Waals surface area contributed by atoms with Crippen LogP contribution in [0.3, 0.4) is 0 Å². The van der Waals surface area contributed by atoms with E-state index in [9.17, 15) is 9.59 Å². The Balaban J connectivity index is 1.73. The van der Waals surface area contributed by atoms with Gasteiger partial charge in [-0.3, -0.25) is 9.59 Å². The number of thiophene rings is 1. The van der Waals surface area contributed by atoms with E-state index in [-0.39, 0.29) is 24.5 Å². The summed E-state index contributed by atoms with van der Waals surface area (Å²) in [6.45, 7) is 3.02. The van der Waals surface area contributed by atoms with Gasteiger partial charge in [-0.15, -0.1) is 11.3 Å². The first kappa shape index (κ1) is 17.4. The zero-order valence-corrected chi connectivity index (χ0v) is 14.2. The van der Waals surface area contributed by atoms with Crippen LogP contribution >= 0.6 is 11.3 Å². The molecular formula is C18H21NO3S. The van der Waals surface area contributed by atoms with Crippen LogP contribution in [0.5, 0.6) is 0 Å². The van der Waals surface area contributed by atoms with E-state index in [4.69, 9.17) is 4.74 Å². The summed E-state index contributed by atoms with van der Waals surface area (Å²) >= 11 is 1.47. The van der Waals surface area contributed by atoms with E-state index >= 15 is 0 Å². The molecule has 2 aromatic rings. The fraction of sp³-hybridized carbons (Fsp3) is 0.333. The Morgan fingerprint density at radius 1 is 1.04 bits per heavy atom. The number of benzene rings is 1. The minimum atomic E-state index is -0.104. The van der Waals surface area contributed by atoms with Crippen molar-refractivity contribution in [3.05, 3.63) is 57.3 Å². The van der Waals surface area contributed by atoms with E-state index in [2.05, 4.69) is 5.32 Å². The Kier molecular flexibility index (Phi) is 6.50. The lowest BCUT2D eigenvalue weighted by atomic mass is 10.1. The topological polar surface area (TPSA) is 55.4 Å². The van der Waals surface area contributed by atoms with Crippen molar-refractivity contribution >= 4 is 23.0 Å². The summed E-state index contributed by atoms with van der Waals surface area (Å²) < 4.78 is 5.06. The van der Waals surface area contributed by atoms with Gasteiger partial charge in [0.2, 0.25) is 5.91 Å². The molecule has 1 aromatic heterocycles. The summed E-state index contributed by atoms with van der Waals surface area (Å²) in [5.74, 6) is -0.0743. The predicted molar refractivity (Wildman–Crippen MR) is 91.6 cm³/mol. The van der Waals surface area contributed by atoms with E-state index in [0.717, 1.165) is 20.9 Å². The number of methoxy groups -OCH3 is 1. The van der Waals surface area contributed by atoms with E-state index in [1.54, 1.807) is 7.11 Å². The molecule has 122 valence electrons. The maximum Gasteiger partial charge on any atom is 0.220 e. The fourth-order valence-electron chi connectivity index (χ4n) is 2.14. The molecule has 4 nitrogen and oxygen atoms in total. The Hall–Kier alpha value is -1.98. The number of carbonyl (C=O) groups excluding carboxylic acids is 2. The molecule has 1 amide bonds. The third kappa shape index (κ3) is 5.62. The highest BCUT2D eigenvalue weighted by atomic mass is 32.1. The van der Waals surface area contributed by atoms with Crippen molar-refractivity contribution in [2.24, 2.45) is 0 Å². The fourth-order valence-corrected chi connectivity index (χ4v) is 2.98. The Labute approximate surface area is 140 Å². The first-order valence-corrected chi connectivity index (χ1v) is 8.33. The number of ether oxygens (including phenoxy) is 1. The lowest BCUT2D eigenvalue weighted by molar-refractivity contribution is -0.121. The van der Waals surface area contributed by atoms with Gasteiger partial charge in [0.1, 0.15) is 0 Å². The second-order valence-corrected chi connectivity index (χ2v) is 6.65. The van der Waals surface area contributed by atoms with Gasteiger partial charge in [-0.25, -0.2) is 0 Å².